The van der Waals surface area contributed by atoms with Crippen LogP contribution in [0.4, 0.5) is 0 Å². The van der Waals surface area contributed by atoms with Crippen molar-refractivity contribution in [1.29, 1.82) is 0 Å². The van der Waals surface area contributed by atoms with Crippen molar-refractivity contribution in [3.8, 4) is 0 Å². The zero-order valence-corrected chi connectivity index (χ0v) is 7.60. The van der Waals surface area contributed by atoms with Crippen LogP contribution in [0, 0.1) is 0 Å². The van der Waals surface area contributed by atoms with Gasteiger partial charge >= 0.3 is 0 Å². The summed E-state index contributed by atoms with van der Waals surface area (Å²) in [5.74, 6) is 0.832. The van der Waals surface area contributed by atoms with Crippen LogP contribution < -0.4 is 5.32 Å². The maximum Gasteiger partial charge on any atom is 0.177 e. The molecule has 68 valence electrons. The number of rotatable bonds is 2. The number of fused-ring (bicyclic) bond motifs is 1. The Morgan fingerprint density at radius 3 is 3.08 bits per heavy atom. The van der Waals surface area contributed by atoms with Crippen molar-refractivity contribution >= 4 is 5.65 Å². The average Bonchev–Trinajstić information content (AvgIpc) is 2.60. The summed E-state index contributed by atoms with van der Waals surface area (Å²) in [6.07, 6.45) is 1.72. The number of nitrogens with one attached hydrogen (secondary N) is 1. The first-order valence-electron chi connectivity index (χ1n) is 4.16. The van der Waals surface area contributed by atoms with Gasteiger partial charge in [0, 0.05) is 6.20 Å². The predicted molar refractivity (Wildman–Crippen MR) is 48.3 cm³/mol. The molecule has 13 heavy (non-hydrogen) atoms. The highest BCUT2D eigenvalue weighted by Crippen LogP contribution is 2.08. The molecule has 0 fully saturated rings. The number of hydrogen-bond donors (Lipinski definition) is 1. The number of hydrogen-bond acceptors (Lipinski definition) is 4. The fraction of sp³-hybridized carbons (Fsp3) is 0.375. The maximum absolute atomic E-state index is 4.16. The van der Waals surface area contributed by atoms with Crippen LogP contribution in [-0.4, -0.2) is 26.9 Å². The van der Waals surface area contributed by atoms with Gasteiger partial charge in [-0.05, 0) is 26.1 Å². The molecular weight excluding hydrogens is 166 g/mol. The monoisotopic (exact) mass is 177 g/mol. The third kappa shape index (κ3) is 1.27. The normalized spacial score (nSPS) is 13.4. The van der Waals surface area contributed by atoms with Gasteiger partial charge in [0.05, 0.1) is 6.04 Å². The summed E-state index contributed by atoms with van der Waals surface area (Å²) in [5, 5.41) is 15.3. The van der Waals surface area contributed by atoms with E-state index < -0.39 is 0 Å². The molecule has 2 heterocycles. The van der Waals surface area contributed by atoms with Gasteiger partial charge in [0.1, 0.15) is 0 Å². The lowest BCUT2D eigenvalue weighted by atomic mass is 10.3. The molecule has 0 saturated heterocycles. The molecule has 2 rings (SSSR count). The highest BCUT2D eigenvalue weighted by molar-refractivity contribution is 5.35. The summed E-state index contributed by atoms with van der Waals surface area (Å²) in [6.45, 7) is 2.02. The highest BCUT2D eigenvalue weighted by atomic mass is 15.4. The van der Waals surface area contributed by atoms with Crippen molar-refractivity contribution in [2.24, 2.45) is 0 Å². The standard InChI is InChI=1S/C8H11N5/c1-6(9-2)8-12-11-7-4-3-5-10-13(7)8/h3-6,9H,1-2H3. The van der Waals surface area contributed by atoms with Gasteiger partial charge in [0.2, 0.25) is 0 Å². The molecule has 2 aromatic heterocycles. The van der Waals surface area contributed by atoms with Gasteiger partial charge in [-0.2, -0.15) is 9.61 Å². The zero-order valence-electron chi connectivity index (χ0n) is 7.60. The predicted octanol–water partition coefficient (Wildman–Crippen LogP) is 0.405. The van der Waals surface area contributed by atoms with Gasteiger partial charge in [-0.3, -0.25) is 0 Å². The molecule has 0 amide bonds. The van der Waals surface area contributed by atoms with Crippen LogP contribution in [0.1, 0.15) is 18.8 Å². The van der Waals surface area contributed by atoms with E-state index in [9.17, 15) is 0 Å². The van der Waals surface area contributed by atoms with Crippen molar-refractivity contribution in [3.63, 3.8) is 0 Å². The second-order valence-corrected chi connectivity index (χ2v) is 2.86. The number of nitrogens with zero attached hydrogens (tertiary/aromatic N) is 4. The fourth-order valence-corrected chi connectivity index (χ4v) is 1.16. The van der Waals surface area contributed by atoms with Gasteiger partial charge in [0.15, 0.2) is 11.5 Å². The molecule has 0 aliphatic carbocycles. The minimum Gasteiger partial charge on any atom is -0.311 e. The Bertz CT molecular complexity index is 408. The van der Waals surface area contributed by atoms with Crippen molar-refractivity contribution in [2.75, 3.05) is 7.05 Å². The molecule has 0 saturated carbocycles. The molecule has 0 aliphatic heterocycles. The molecule has 0 aromatic carbocycles. The number of aromatic nitrogens is 4. The molecule has 0 spiro atoms. The van der Waals surface area contributed by atoms with Crippen molar-refractivity contribution < 1.29 is 0 Å². The van der Waals surface area contributed by atoms with E-state index in [4.69, 9.17) is 0 Å². The van der Waals surface area contributed by atoms with Crippen molar-refractivity contribution in [2.45, 2.75) is 13.0 Å². The van der Waals surface area contributed by atoms with Gasteiger partial charge in [-0.15, -0.1) is 10.2 Å². The third-order valence-electron chi connectivity index (χ3n) is 2.02. The Balaban J connectivity index is 2.57. The van der Waals surface area contributed by atoms with Crippen molar-refractivity contribution in [3.05, 3.63) is 24.2 Å². The molecule has 5 nitrogen and oxygen atoms in total. The second-order valence-electron chi connectivity index (χ2n) is 2.86. The first-order chi connectivity index (χ1) is 6.33. The smallest absolute Gasteiger partial charge is 0.177 e. The molecular formula is C8H11N5. The van der Waals surface area contributed by atoms with Crippen LogP contribution in [0.25, 0.3) is 5.65 Å². The van der Waals surface area contributed by atoms with E-state index in [1.54, 1.807) is 10.7 Å². The average molecular weight is 177 g/mol. The van der Waals surface area contributed by atoms with Gasteiger partial charge < -0.3 is 5.32 Å². The molecule has 1 atom stereocenters. The molecule has 0 radical (unpaired) electrons. The lowest BCUT2D eigenvalue weighted by molar-refractivity contribution is 0.590. The fourth-order valence-electron chi connectivity index (χ4n) is 1.16. The van der Waals surface area contributed by atoms with E-state index >= 15 is 0 Å². The zero-order chi connectivity index (χ0) is 9.26. The van der Waals surface area contributed by atoms with Crippen LogP contribution in [-0.2, 0) is 0 Å². The Kier molecular flexibility index (Phi) is 1.94. The first kappa shape index (κ1) is 8.12. The Labute approximate surface area is 75.8 Å². The van der Waals surface area contributed by atoms with E-state index in [1.807, 2.05) is 26.1 Å². The van der Waals surface area contributed by atoms with E-state index in [0.29, 0.717) is 0 Å². The van der Waals surface area contributed by atoms with Gasteiger partial charge in [-0.1, -0.05) is 0 Å². The van der Waals surface area contributed by atoms with Crippen LogP contribution >= 0.6 is 0 Å². The molecule has 0 aliphatic rings. The molecule has 0 bridgehead atoms. The molecule has 5 heteroatoms. The largest absolute Gasteiger partial charge is 0.311 e. The Morgan fingerprint density at radius 2 is 2.31 bits per heavy atom. The lowest BCUT2D eigenvalue weighted by Gasteiger charge is -2.05. The summed E-state index contributed by atoms with van der Waals surface area (Å²) in [6, 6.07) is 3.88. The first-order valence-corrected chi connectivity index (χ1v) is 4.16. The molecule has 2 aromatic rings. The maximum atomic E-state index is 4.16. The Hall–Kier alpha value is -1.49. The van der Waals surface area contributed by atoms with Crippen LogP contribution in [0.2, 0.25) is 0 Å². The summed E-state index contributed by atoms with van der Waals surface area (Å²) >= 11 is 0. The van der Waals surface area contributed by atoms with Gasteiger partial charge in [-0.25, -0.2) is 0 Å². The minimum atomic E-state index is 0.157. The van der Waals surface area contributed by atoms with Gasteiger partial charge in [0.25, 0.3) is 0 Å². The van der Waals surface area contributed by atoms with E-state index in [1.165, 1.54) is 0 Å². The van der Waals surface area contributed by atoms with Crippen LogP contribution in [0.15, 0.2) is 18.3 Å². The Morgan fingerprint density at radius 1 is 1.46 bits per heavy atom. The minimum absolute atomic E-state index is 0.157. The van der Waals surface area contributed by atoms with Crippen LogP contribution in [0.3, 0.4) is 0 Å². The lowest BCUT2D eigenvalue weighted by Crippen LogP contribution is -2.16. The van der Waals surface area contributed by atoms with Crippen molar-refractivity contribution in [1.82, 2.24) is 25.1 Å². The molecule has 1 N–H and O–H groups in total. The SMILES string of the molecule is CNC(C)c1nnc2cccnn12. The van der Waals surface area contributed by atoms with E-state index in [0.717, 1.165) is 11.5 Å². The summed E-state index contributed by atoms with van der Waals surface area (Å²) in [4.78, 5) is 0. The third-order valence-corrected chi connectivity index (χ3v) is 2.02. The summed E-state index contributed by atoms with van der Waals surface area (Å²) in [5.41, 5.74) is 0.777. The highest BCUT2D eigenvalue weighted by Gasteiger charge is 2.11. The second kappa shape index (κ2) is 3.10. The van der Waals surface area contributed by atoms with E-state index in [-0.39, 0.29) is 6.04 Å². The van der Waals surface area contributed by atoms with Crippen LogP contribution in [0.5, 0.6) is 0 Å². The summed E-state index contributed by atoms with van der Waals surface area (Å²) < 4.78 is 1.74. The topological polar surface area (TPSA) is 55.1 Å². The summed E-state index contributed by atoms with van der Waals surface area (Å²) in [7, 11) is 1.88. The van der Waals surface area contributed by atoms with E-state index in [2.05, 4.69) is 20.6 Å². The molecule has 1 unspecified atom stereocenters. The quantitative estimate of drug-likeness (QED) is 0.721.